The zero-order valence-corrected chi connectivity index (χ0v) is 11.3. The van der Waals surface area contributed by atoms with Crippen LogP contribution in [-0.2, 0) is 4.74 Å². The lowest BCUT2D eigenvalue weighted by molar-refractivity contribution is 0.0665. The first-order valence-corrected chi connectivity index (χ1v) is 6.30. The van der Waals surface area contributed by atoms with Crippen LogP contribution in [0.1, 0.15) is 24.2 Å². The Morgan fingerprint density at radius 1 is 1.44 bits per heavy atom. The second-order valence-corrected chi connectivity index (χ2v) is 4.14. The van der Waals surface area contributed by atoms with Gasteiger partial charge in [0.05, 0.1) is 12.2 Å². The molecule has 0 saturated carbocycles. The maximum absolute atomic E-state index is 13.6. The fourth-order valence-electron chi connectivity index (χ4n) is 1.55. The van der Waals surface area contributed by atoms with E-state index in [1.165, 1.54) is 23.1 Å². The predicted molar refractivity (Wildman–Crippen MR) is 69.5 cm³/mol. The van der Waals surface area contributed by atoms with Gasteiger partial charge in [0.1, 0.15) is 5.82 Å². The largest absolute Gasteiger partial charge is 0.380 e. The first kappa shape index (κ1) is 14.9. The zero-order chi connectivity index (χ0) is 13.5. The monoisotopic (exact) mass is 273 g/mol. The number of amides is 1. The minimum Gasteiger partial charge on any atom is -0.380 e. The lowest BCUT2D eigenvalue weighted by Crippen LogP contribution is -2.34. The zero-order valence-electron chi connectivity index (χ0n) is 10.6. The molecule has 5 heteroatoms. The summed E-state index contributed by atoms with van der Waals surface area (Å²) in [7, 11) is 0. The standard InChI is InChI=1S/C13H17ClFNO2/c1-3-16(7-8-18-4-2)13(17)11-9-10(14)5-6-12(11)15/h5-6,9H,3-4,7-8H2,1-2H3. The van der Waals surface area contributed by atoms with Crippen LogP contribution in [0, 0.1) is 5.82 Å². The van der Waals surface area contributed by atoms with Gasteiger partial charge in [0.2, 0.25) is 0 Å². The Morgan fingerprint density at radius 3 is 2.78 bits per heavy atom. The Hall–Kier alpha value is -1.13. The summed E-state index contributed by atoms with van der Waals surface area (Å²) in [6, 6.07) is 3.97. The fraction of sp³-hybridized carbons (Fsp3) is 0.462. The van der Waals surface area contributed by atoms with Crippen LogP contribution in [0.3, 0.4) is 0 Å². The quantitative estimate of drug-likeness (QED) is 0.746. The summed E-state index contributed by atoms with van der Waals surface area (Å²) in [5.74, 6) is -0.920. The highest BCUT2D eigenvalue weighted by Gasteiger charge is 2.18. The third kappa shape index (κ3) is 3.96. The molecule has 0 fully saturated rings. The maximum Gasteiger partial charge on any atom is 0.256 e. The van der Waals surface area contributed by atoms with Crippen molar-refractivity contribution < 1.29 is 13.9 Å². The molecule has 0 aliphatic heterocycles. The van der Waals surface area contributed by atoms with Gasteiger partial charge in [-0.25, -0.2) is 4.39 Å². The average molecular weight is 274 g/mol. The van der Waals surface area contributed by atoms with E-state index in [9.17, 15) is 9.18 Å². The fourth-order valence-corrected chi connectivity index (χ4v) is 1.73. The Balaban J connectivity index is 2.79. The first-order valence-electron chi connectivity index (χ1n) is 5.92. The topological polar surface area (TPSA) is 29.5 Å². The van der Waals surface area contributed by atoms with Gasteiger partial charge in [-0.05, 0) is 32.0 Å². The van der Waals surface area contributed by atoms with Gasteiger partial charge >= 0.3 is 0 Å². The summed E-state index contributed by atoms with van der Waals surface area (Å²) in [5, 5.41) is 0.348. The molecule has 0 atom stereocenters. The van der Waals surface area contributed by atoms with E-state index in [-0.39, 0.29) is 11.5 Å². The second-order valence-electron chi connectivity index (χ2n) is 3.71. The SMILES string of the molecule is CCOCCN(CC)C(=O)c1cc(Cl)ccc1F. The van der Waals surface area contributed by atoms with E-state index in [2.05, 4.69) is 0 Å². The molecule has 0 spiro atoms. The van der Waals surface area contributed by atoms with Crippen molar-refractivity contribution in [3.63, 3.8) is 0 Å². The maximum atomic E-state index is 13.6. The number of carbonyl (C=O) groups excluding carboxylic acids is 1. The molecule has 0 aliphatic carbocycles. The number of hydrogen-bond donors (Lipinski definition) is 0. The van der Waals surface area contributed by atoms with E-state index in [1.807, 2.05) is 13.8 Å². The van der Waals surface area contributed by atoms with Gasteiger partial charge in [0.15, 0.2) is 0 Å². The molecule has 1 aromatic carbocycles. The third-order valence-corrected chi connectivity index (χ3v) is 2.77. The summed E-state index contributed by atoms with van der Waals surface area (Å²) in [6.45, 7) is 5.70. The number of benzene rings is 1. The second kappa shape index (κ2) is 7.34. The van der Waals surface area contributed by atoms with Crippen LogP contribution in [0.5, 0.6) is 0 Å². The van der Waals surface area contributed by atoms with Crippen molar-refractivity contribution in [1.82, 2.24) is 4.90 Å². The van der Waals surface area contributed by atoms with Crippen molar-refractivity contribution in [2.75, 3.05) is 26.3 Å². The van der Waals surface area contributed by atoms with Crippen molar-refractivity contribution in [2.24, 2.45) is 0 Å². The van der Waals surface area contributed by atoms with Crippen LogP contribution in [-0.4, -0.2) is 37.1 Å². The van der Waals surface area contributed by atoms with Crippen molar-refractivity contribution >= 4 is 17.5 Å². The molecule has 0 bridgehead atoms. The van der Waals surface area contributed by atoms with Crippen molar-refractivity contribution in [3.05, 3.63) is 34.6 Å². The van der Waals surface area contributed by atoms with Crippen LogP contribution in [0.25, 0.3) is 0 Å². The van der Waals surface area contributed by atoms with E-state index in [4.69, 9.17) is 16.3 Å². The number of halogens is 2. The van der Waals surface area contributed by atoms with E-state index in [1.54, 1.807) is 0 Å². The minimum absolute atomic E-state index is 0.000786. The van der Waals surface area contributed by atoms with Gasteiger partial charge in [-0.3, -0.25) is 4.79 Å². The van der Waals surface area contributed by atoms with Gasteiger partial charge in [0, 0.05) is 24.7 Å². The molecule has 0 aliphatic rings. The van der Waals surface area contributed by atoms with Crippen LogP contribution >= 0.6 is 11.6 Å². The van der Waals surface area contributed by atoms with Crippen molar-refractivity contribution in [2.45, 2.75) is 13.8 Å². The molecule has 0 aromatic heterocycles. The Morgan fingerprint density at radius 2 is 2.17 bits per heavy atom. The lowest BCUT2D eigenvalue weighted by Gasteiger charge is -2.21. The average Bonchev–Trinajstić information content (AvgIpc) is 2.37. The lowest BCUT2D eigenvalue weighted by atomic mass is 10.2. The summed E-state index contributed by atoms with van der Waals surface area (Å²) in [6.07, 6.45) is 0. The molecule has 100 valence electrons. The molecule has 0 unspecified atom stereocenters. The van der Waals surface area contributed by atoms with Crippen molar-refractivity contribution in [1.29, 1.82) is 0 Å². The Bertz CT molecular complexity index is 412. The van der Waals surface area contributed by atoms with E-state index < -0.39 is 5.82 Å². The van der Waals surface area contributed by atoms with Gasteiger partial charge in [0.25, 0.3) is 5.91 Å². The number of ether oxygens (including phenoxy) is 1. The van der Waals surface area contributed by atoms with E-state index >= 15 is 0 Å². The van der Waals surface area contributed by atoms with E-state index in [0.717, 1.165) is 0 Å². The van der Waals surface area contributed by atoms with Gasteiger partial charge < -0.3 is 9.64 Å². The molecule has 0 saturated heterocycles. The first-order chi connectivity index (χ1) is 8.60. The third-order valence-electron chi connectivity index (χ3n) is 2.54. The molecule has 0 heterocycles. The highest BCUT2D eigenvalue weighted by molar-refractivity contribution is 6.30. The van der Waals surface area contributed by atoms with E-state index in [0.29, 0.717) is 31.3 Å². The molecule has 1 amide bonds. The summed E-state index contributed by atoms with van der Waals surface area (Å²) >= 11 is 5.77. The molecule has 0 N–H and O–H groups in total. The molecule has 18 heavy (non-hydrogen) atoms. The molecule has 1 aromatic rings. The van der Waals surface area contributed by atoms with Crippen LogP contribution < -0.4 is 0 Å². The number of nitrogens with zero attached hydrogens (tertiary/aromatic N) is 1. The summed E-state index contributed by atoms with van der Waals surface area (Å²) < 4.78 is 18.8. The number of likely N-dealkylation sites (N-methyl/N-ethyl adjacent to an activating group) is 1. The number of carbonyl (C=O) groups is 1. The molecule has 3 nitrogen and oxygen atoms in total. The molecule has 1 rings (SSSR count). The van der Waals surface area contributed by atoms with Crippen LogP contribution in [0.4, 0.5) is 4.39 Å². The highest BCUT2D eigenvalue weighted by atomic mass is 35.5. The van der Waals surface area contributed by atoms with Crippen LogP contribution in [0.2, 0.25) is 5.02 Å². The minimum atomic E-state index is -0.556. The Kier molecular flexibility index (Phi) is 6.09. The van der Waals surface area contributed by atoms with Gasteiger partial charge in [-0.15, -0.1) is 0 Å². The smallest absolute Gasteiger partial charge is 0.256 e. The normalized spacial score (nSPS) is 10.4. The molecular weight excluding hydrogens is 257 g/mol. The number of hydrogen-bond acceptors (Lipinski definition) is 2. The number of rotatable bonds is 6. The highest BCUT2D eigenvalue weighted by Crippen LogP contribution is 2.16. The van der Waals surface area contributed by atoms with Gasteiger partial charge in [-0.1, -0.05) is 11.6 Å². The van der Waals surface area contributed by atoms with Crippen molar-refractivity contribution in [3.8, 4) is 0 Å². The Labute approximate surface area is 111 Å². The summed E-state index contributed by atoms with van der Waals surface area (Å²) in [5.41, 5.74) is 0.000786. The van der Waals surface area contributed by atoms with Gasteiger partial charge in [-0.2, -0.15) is 0 Å². The predicted octanol–water partition coefficient (Wildman–Crippen LogP) is 2.98. The van der Waals surface area contributed by atoms with Crippen LogP contribution in [0.15, 0.2) is 18.2 Å². The molecule has 0 radical (unpaired) electrons. The summed E-state index contributed by atoms with van der Waals surface area (Å²) in [4.78, 5) is 13.6. The molecular formula is C13H17ClFNO2.